The van der Waals surface area contributed by atoms with Crippen molar-refractivity contribution in [2.24, 2.45) is 0 Å². The molecule has 2 aromatic rings. The molecule has 2 heterocycles. The largest absolute Gasteiger partial charge is 0.328 e. The number of carbonyl (C=O) groups is 1. The van der Waals surface area contributed by atoms with Crippen molar-refractivity contribution in [3.63, 3.8) is 0 Å². The van der Waals surface area contributed by atoms with Crippen LogP contribution >= 0.6 is 27.7 Å². The van der Waals surface area contributed by atoms with Crippen LogP contribution < -0.4 is 5.32 Å². The molecule has 0 radical (unpaired) electrons. The number of carbonyl (C=O) groups excluding carboxylic acids is 1. The maximum Gasteiger partial charge on any atom is 0.227 e. The van der Waals surface area contributed by atoms with E-state index in [1.165, 1.54) is 0 Å². The molecule has 7 heteroatoms. The topological polar surface area (TPSA) is 59.8 Å². The molecule has 5 nitrogen and oxygen atoms in total. The van der Waals surface area contributed by atoms with Gasteiger partial charge in [0.15, 0.2) is 5.78 Å². The Hall–Kier alpha value is -1.60. The highest BCUT2D eigenvalue weighted by atomic mass is 79.9. The van der Waals surface area contributed by atoms with Crippen LogP contribution in [0.3, 0.4) is 0 Å². The number of anilines is 1. The number of hydrogen-bond acceptors (Lipinski definition) is 5. The first-order valence-corrected chi connectivity index (χ1v) is 9.83. The van der Waals surface area contributed by atoms with E-state index < -0.39 is 0 Å². The molecule has 1 N–H and O–H groups in total. The number of benzene rings is 1. The molecule has 1 atom stereocenters. The Morgan fingerprint density at radius 3 is 2.88 bits per heavy atom. The summed E-state index contributed by atoms with van der Waals surface area (Å²) in [6, 6.07) is 7.90. The minimum Gasteiger partial charge on any atom is -0.328 e. The first kappa shape index (κ1) is 15.9. The summed E-state index contributed by atoms with van der Waals surface area (Å²) in [4.78, 5) is 17.2. The summed E-state index contributed by atoms with van der Waals surface area (Å²) in [6.45, 7) is 2.08. The van der Waals surface area contributed by atoms with Gasteiger partial charge in [-0.3, -0.25) is 4.79 Å². The summed E-state index contributed by atoms with van der Waals surface area (Å²) in [5.41, 5.74) is 2.91. The molecule has 2 aliphatic rings. The Bertz CT molecular complexity index is 828. The highest BCUT2D eigenvalue weighted by Gasteiger charge is 2.36. The number of hydrogen-bond donors (Lipinski definition) is 1. The minimum absolute atomic E-state index is 0.198. The summed E-state index contributed by atoms with van der Waals surface area (Å²) in [7, 11) is 0. The number of nitrogens with zero attached hydrogens (tertiary/aromatic N) is 3. The van der Waals surface area contributed by atoms with Gasteiger partial charge in [0.1, 0.15) is 6.04 Å². The number of aromatic nitrogens is 3. The van der Waals surface area contributed by atoms with Crippen LogP contribution in [0.5, 0.6) is 0 Å². The zero-order valence-corrected chi connectivity index (χ0v) is 15.7. The lowest BCUT2D eigenvalue weighted by atomic mass is 9.85. The van der Waals surface area contributed by atoms with Crippen molar-refractivity contribution in [2.45, 2.75) is 37.4 Å². The molecule has 1 aromatic heterocycles. The van der Waals surface area contributed by atoms with E-state index in [0.717, 1.165) is 51.0 Å². The number of nitrogens with one attached hydrogen (secondary N) is 1. The molecule has 1 aromatic carbocycles. The van der Waals surface area contributed by atoms with Crippen molar-refractivity contribution in [1.29, 1.82) is 0 Å². The van der Waals surface area contributed by atoms with Crippen molar-refractivity contribution in [2.75, 3.05) is 11.1 Å². The first-order valence-electron chi connectivity index (χ1n) is 8.05. The Labute approximate surface area is 153 Å². The van der Waals surface area contributed by atoms with Crippen molar-refractivity contribution < 1.29 is 4.79 Å². The third kappa shape index (κ3) is 2.69. The zero-order chi connectivity index (χ0) is 16.7. The Morgan fingerprint density at radius 1 is 1.33 bits per heavy atom. The minimum atomic E-state index is -0.198. The van der Waals surface area contributed by atoms with Crippen molar-refractivity contribution in [1.82, 2.24) is 14.8 Å². The predicted octanol–water partition coefficient (Wildman–Crippen LogP) is 4.17. The van der Waals surface area contributed by atoms with Crippen LogP contribution in [0.2, 0.25) is 0 Å². The van der Waals surface area contributed by atoms with Crippen LogP contribution in [0.4, 0.5) is 5.95 Å². The van der Waals surface area contributed by atoms with Gasteiger partial charge in [0, 0.05) is 22.2 Å². The second-order valence-corrected chi connectivity index (χ2v) is 7.99. The second kappa shape index (κ2) is 6.37. The molecule has 0 spiro atoms. The van der Waals surface area contributed by atoms with E-state index in [0.29, 0.717) is 6.42 Å². The fourth-order valence-corrected chi connectivity index (χ4v) is 4.10. The van der Waals surface area contributed by atoms with Gasteiger partial charge in [-0.15, -0.1) is 5.10 Å². The molecule has 0 unspecified atom stereocenters. The average Bonchev–Trinajstić information content (AvgIpc) is 2.96. The highest BCUT2D eigenvalue weighted by molar-refractivity contribution is 9.10. The van der Waals surface area contributed by atoms with Gasteiger partial charge in [-0.05, 0) is 36.3 Å². The number of rotatable bonds is 3. The number of thioether (sulfide) groups is 1. The summed E-state index contributed by atoms with van der Waals surface area (Å²) >= 11 is 5.09. The van der Waals surface area contributed by atoms with Crippen molar-refractivity contribution in [3.8, 4) is 0 Å². The van der Waals surface area contributed by atoms with Crippen LogP contribution in [0.25, 0.3) is 0 Å². The van der Waals surface area contributed by atoms with Gasteiger partial charge in [0.05, 0.1) is 0 Å². The van der Waals surface area contributed by atoms with Crippen molar-refractivity contribution >= 4 is 39.4 Å². The number of halogens is 1. The van der Waals surface area contributed by atoms with Gasteiger partial charge in [-0.2, -0.15) is 4.98 Å². The van der Waals surface area contributed by atoms with Gasteiger partial charge in [-0.1, -0.05) is 46.7 Å². The molecule has 124 valence electrons. The summed E-state index contributed by atoms with van der Waals surface area (Å²) in [5, 5.41) is 8.74. The van der Waals surface area contributed by atoms with E-state index >= 15 is 0 Å². The van der Waals surface area contributed by atoms with E-state index in [-0.39, 0.29) is 11.8 Å². The Morgan fingerprint density at radius 2 is 2.12 bits per heavy atom. The van der Waals surface area contributed by atoms with E-state index in [9.17, 15) is 4.79 Å². The number of allylic oxidation sites excluding steroid dienone is 2. The highest BCUT2D eigenvalue weighted by Crippen LogP contribution is 2.40. The first-order chi connectivity index (χ1) is 11.7. The van der Waals surface area contributed by atoms with Crippen LogP contribution in [-0.2, 0) is 4.79 Å². The van der Waals surface area contributed by atoms with Gasteiger partial charge in [-0.25, -0.2) is 4.68 Å². The van der Waals surface area contributed by atoms with Gasteiger partial charge in [0.2, 0.25) is 11.1 Å². The van der Waals surface area contributed by atoms with E-state index in [4.69, 9.17) is 0 Å². The van der Waals surface area contributed by atoms with E-state index in [1.54, 1.807) is 11.8 Å². The smallest absolute Gasteiger partial charge is 0.227 e. The van der Waals surface area contributed by atoms with Crippen LogP contribution in [-0.4, -0.2) is 26.3 Å². The number of fused-ring (bicyclic) bond motifs is 1. The summed E-state index contributed by atoms with van der Waals surface area (Å²) in [5.74, 6) is 1.85. The molecule has 0 saturated carbocycles. The SMILES string of the molecule is CCSc1nc2n(n1)[C@@H](c1ccc(Br)cc1)C1=C(CCCC1=O)N2. The number of Topliss-reactive ketones (excluding diaryl/α,β-unsaturated/α-hetero) is 1. The average molecular weight is 405 g/mol. The molecule has 0 bridgehead atoms. The lowest BCUT2D eigenvalue weighted by Gasteiger charge is -2.32. The fourth-order valence-electron chi connectivity index (χ4n) is 3.28. The third-order valence-corrected chi connectivity index (χ3v) is 5.56. The standard InChI is InChI=1S/C17H17BrN4OS/c1-2-24-17-20-16-19-12-4-3-5-13(23)14(12)15(22(16)21-17)10-6-8-11(18)9-7-10/h6-9,15H,2-5H2,1H3,(H,19,20,21)/t15-/m0/s1. The molecular formula is C17H17BrN4OS. The molecule has 4 rings (SSSR count). The maximum absolute atomic E-state index is 12.6. The summed E-state index contributed by atoms with van der Waals surface area (Å²) in [6.07, 6.45) is 2.38. The molecule has 24 heavy (non-hydrogen) atoms. The Balaban J connectivity index is 1.87. The van der Waals surface area contributed by atoms with Gasteiger partial charge < -0.3 is 5.32 Å². The lowest BCUT2D eigenvalue weighted by molar-refractivity contribution is -0.116. The van der Waals surface area contributed by atoms with Crippen molar-refractivity contribution in [3.05, 3.63) is 45.6 Å². The molecule has 0 amide bonds. The monoisotopic (exact) mass is 404 g/mol. The molecule has 1 aliphatic carbocycles. The van der Waals surface area contributed by atoms with Crippen LogP contribution in [0.15, 0.2) is 45.2 Å². The fraction of sp³-hybridized carbons (Fsp3) is 0.353. The Kier molecular flexibility index (Phi) is 4.22. The van der Waals surface area contributed by atoms with E-state index in [1.807, 2.05) is 28.9 Å². The predicted molar refractivity (Wildman–Crippen MR) is 98.2 cm³/mol. The van der Waals surface area contributed by atoms with Gasteiger partial charge in [0.25, 0.3) is 0 Å². The molecule has 0 saturated heterocycles. The second-order valence-electron chi connectivity index (χ2n) is 5.84. The molecular weight excluding hydrogens is 388 g/mol. The normalized spacial score (nSPS) is 19.8. The lowest BCUT2D eigenvalue weighted by Crippen LogP contribution is -2.31. The molecule has 0 fully saturated rings. The maximum atomic E-state index is 12.6. The molecule has 1 aliphatic heterocycles. The van der Waals surface area contributed by atoms with Crippen LogP contribution in [0.1, 0.15) is 37.8 Å². The van der Waals surface area contributed by atoms with E-state index in [2.05, 4.69) is 38.3 Å². The quantitative estimate of drug-likeness (QED) is 0.777. The van der Waals surface area contributed by atoms with Gasteiger partial charge >= 0.3 is 0 Å². The third-order valence-electron chi connectivity index (χ3n) is 4.31. The zero-order valence-electron chi connectivity index (χ0n) is 13.3. The van der Waals surface area contributed by atoms with Crippen LogP contribution in [0, 0.1) is 0 Å². The summed E-state index contributed by atoms with van der Waals surface area (Å²) < 4.78 is 2.88. The number of ketones is 1.